The molecule has 2 aromatic carbocycles. The third-order valence-electron chi connectivity index (χ3n) is 3.87. The van der Waals surface area contributed by atoms with Crippen LogP contribution in [-0.2, 0) is 6.54 Å². The van der Waals surface area contributed by atoms with Gasteiger partial charge in [0.1, 0.15) is 11.5 Å². The number of methoxy groups -OCH3 is 2. The fourth-order valence-electron chi connectivity index (χ4n) is 2.48. The summed E-state index contributed by atoms with van der Waals surface area (Å²) >= 11 is 6.01. The van der Waals surface area contributed by atoms with Gasteiger partial charge in [-0.25, -0.2) is 4.99 Å². The lowest BCUT2D eigenvalue weighted by Gasteiger charge is -2.17. The lowest BCUT2D eigenvalue weighted by Crippen LogP contribution is -2.39. The van der Waals surface area contributed by atoms with E-state index >= 15 is 0 Å². The van der Waals surface area contributed by atoms with Gasteiger partial charge in [0.25, 0.3) is 0 Å². The topological polar surface area (TPSA) is 75.1 Å². The van der Waals surface area contributed by atoms with Gasteiger partial charge in [0.2, 0.25) is 0 Å². The van der Waals surface area contributed by atoms with Crippen LogP contribution >= 0.6 is 35.6 Å². The molecule has 0 radical (unpaired) electrons. The van der Waals surface area contributed by atoms with Gasteiger partial charge in [-0.3, -0.25) is 0 Å². The second-order valence-corrected chi connectivity index (χ2v) is 6.30. The summed E-state index contributed by atoms with van der Waals surface area (Å²) in [5.41, 5.74) is 1.71. The Morgan fingerprint density at radius 1 is 1.11 bits per heavy atom. The van der Waals surface area contributed by atoms with Gasteiger partial charge in [-0.05, 0) is 42.3 Å². The first-order valence-electron chi connectivity index (χ1n) is 8.73. The minimum atomic E-state index is -0.746. The van der Waals surface area contributed by atoms with E-state index in [0.717, 1.165) is 5.56 Å². The number of aliphatic hydroxyl groups excluding tert-OH is 1. The molecule has 0 aromatic heterocycles. The molecule has 8 heteroatoms. The van der Waals surface area contributed by atoms with Crippen LogP contribution in [0.4, 0.5) is 0 Å². The molecular weight excluding hydrogens is 493 g/mol. The smallest absolute Gasteiger partial charge is 0.191 e. The van der Waals surface area contributed by atoms with Crippen LogP contribution in [0.5, 0.6) is 11.5 Å². The van der Waals surface area contributed by atoms with Gasteiger partial charge in [-0.1, -0.05) is 23.7 Å². The van der Waals surface area contributed by atoms with E-state index in [2.05, 4.69) is 15.6 Å². The quantitative estimate of drug-likeness (QED) is 0.281. The summed E-state index contributed by atoms with van der Waals surface area (Å²) in [6.45, 7) is 3.47. The van der Waals surface area contributed by atoms with Crippen LogP contribution in [0.25, 0.3) is 0 Å². The molecule has 0 saturated carbocycles. The fourth-order valence-corrected chi connectivity index (χ4v) is 2.69. The van der Waals surface area contributed by atoms with Crippen molar-refractivity contribution in [2.24, 2.45) is 4.99 Å². The average Bonchev–Trinajstić information content (AvgIpc) is 2.69. The highest BCUT2D eigenvalue weighted by atomic mass is 127. The molecular formula is C20H27ClIN3O3. The monoisotopic (exact) mass is 519 g/mol. The molecule has 2 rings (SSSR count). The Kier molecular flexibility index (Phi) is 11.0. The molecule has 3 N–H and O–H groups in total. The summed E-state index contributed by atoms with van der Waals surface area (Å²) in [4.78, 5) is 4.53. The molecule has 0 spiro atoms. The van der Waals surface area contributed by atoms with Crippen LogP contribution in [0.3, 0.4) is 0 Å². The van der Waals surface area contributed by atoms with Gasteiger partial charge in [-0.2, -0.15) is 0 Å². The molecule has 0 aliphatic heterocycles. The van der Waals surface area contributed by atoms with E-state index in [1.807, 2.05) is 31.2 Å². The fraction of sp³-hybridized carbons (Fsp3) is 0.350. The van der Waals surface area contributed by atoms with Gasteiger partial charge < -0.3 is 25.2 Å². The first-order valence-corrected chi connectivity index (χ1v) is 9.11. The Hall–Kier alpha value is -1.71. The van der Waals surface area contributed by atoms with Gasteiger partial charge in [-0.15, -0.1) is 24.0 Å². The maximum atomic E-state index is 10.5. The molecule has 0 aliphatic rings. The Labute approximate surface area is 188 Å². The molecule has 0 heterocycles. The molecule has 6 nitrogen and oxygen atoms in total. The van der Waals surface area contributed by atoms with Gasteiger partial charge in [0.15, 0.2) is 5.96 Å². The molecule has 1 atom stereocenters. The number of guanidine groups is 1. The number of hydrogen-bond donors (Lipinski definition) is 3. The Morgan fingerprint density at radius 3 is 2.36 bits per heavy atom. The van der Waals surface area contributed by atoms with E-state index in [-0.39, 0.29) is 30.5 Å². The highest BCUT2D eigenvalue weighted by molar-refractivity contribution is 14.0. The molecule has 0 bridgehead atoms. The second kappa shape index (κ2) is 12.7. The number of ether oxygens (including phenoxy) is 2. The van der Waals surface area contributed by atoms with Crippen LogP contribution < -0.4 is 20.1 Å². The van der Waals surface area contributed by atoms with Gasteiger partial charge >= 0.3 is 0 Å². The third-order valence-corrected chi connectivity index (χ3v) is 4.11. The summed E-state index contributed by atoms with van der Waals surface area (Å²) in [6, 6.07) is 12.9. The molecule has 0 amide bonds. The summed E-state index contributed by atoms with van der Waals surface area (Å²) in [5, 5.41) is 17.5. The maximum absolute atomic E-state index is 10.5. The van der Waals surface area contributed by atoms with Gasteiger partial charge in [0.05, 0.1) is 26.9 Å². The Bertz CT molecular complexity index is 752. The minimum absolute atomic E-state index is 0. The molecule has 154 valence electrons. The van der Waals surface area contributed by atoms with E-state index in [9.17, 15) is 5.11 Å². The average molecular weight is 520 g/mol. The Balaban J connectivity index is 0.00000392. The van der Waals surface area contributed by atoms with E-state index in [1.54, 1.807) is 32.4 Å². The highest BCUT2D eigenvalue weighted by Gasteiger charge is 2.12. The number of benzene rings is 2. The summed E-state index contributed by atoms with van der Waals surface area (Å²) < 4.78 is 10.5. The SMILES string of the molecule is CCNC(=NCc1cccc(Cl)c1)NCC(O)c1cc(OC)cc(OC)c1.I. The zero-order valence-corrected chi connectivity index (χ0v) is 19.3. The van der Waals surface area contributed by atoms with E-state index in [4.69, 9.17) is 21.1 Å². The van der Waals surface area contributed by atoms with Crippen molar-refractivity contribution < 1.29 is 14.6 Å². The number of aliphatic hydroxyl groups is 1. The number of nitrogens with one attached hydrogen (secondary N) is 2. The van der Waals surface area contributed by atoms with Crippen LogP contribution in [0, 0.1) is 0 Å². The molecule has 2 aromatic rings. The van der Waals surface area contributed by atoms with E-state index in [0.29, 0.717) is 41.1 Å². The van der Waals surface area contributed by atoms with Crippen molar-refractivity contribution >= 4 is 41.5 Å². The zero-order chi connectivity index (χ0) is 19.6. The molecule has 0 aliphatic carbocycles. The minimum Gasteiger partial charge on any atom is -0.497 e. The number of hydrogen-bond acceptors (Lipinski definition) is 4. The van der Waals surface area contributed by atoms with Crippen molar-refractivity contribution in [3.63, 3.8) is 0 Å². The van der Waals surface area contributed by atoms with Crippen molar-refractivity contribution in [3.05, 3.63) is 58.6 Å². The lowest BCUT2D eigenvalue weighted by molar-refractivity contribution is 0.180. The highest BCUT2D eigenvalue weighted by Crippen LogP contribution is 2.26. The second-order valence-electron chi connectivity index (χ2n) is 5.87. The predicted molar refractivity (Wildman–Crippen MR) is 124 cm³/mol. The number of aliphatic imine (C=N–C) groups is 1. The third kappa shape index (κ3) is 7.73. The summed E-state index contributed by atoms with van der Waals surface area (Å²) in [5.74, 6) is 1.88. The number of halogens is 2. The van der Waals surface area contributed by atoms with Crippen molar-refractivity contribution in [2.75, 3.05) is 27.3 Å². The van der Waals surface area contributed by atoms with Crippen molar-refractivity contribution in [2.45, 2.75) is 19.6 Å². The van der Waals surface area contributed by atoms with Crippen LogP contribution in [0.2, 0.25) is 5.02 Å². The first kappa shape index (κ1) is 24.3. The van der Waals surface area contributed by atoms with Crippen molar-refractivity contribution in [3.8, 4) is 11.5 Å². The van der Waals surface area contributed by atoms with Crippen LogP contribution in [-0.4, -0.2) is 38.4 Å². The predicted octanol–water partition coefficient (Wildman–Crippen LogP) is 3.76. The van der Waals surface area contributed by atoms with Crippen molar-refractivity contribution in [1.82, 2.24) is 10.6 Å². The first-order chi connectivity index (χ1) is 13.0. The molecule has 0 fully saturated rings. The Morgan fingerprint density at radius 2 is 1.79 bits per heavy atom. The standard InChI is InChI=1S/C20H26ClN3O3.HI/c1-4-22-20(23-12-14-6-5-7-16(21)8-14)24-13-19(25)15-9-17(26-2)11-18(10-15)27-3;/h5-11,19,25H,4,12-13H2,1-3H3,(H2,22,23,24);1H. The zero-order valence-electron chi connectivity index (χ0n) is 16.2. The summed E-state index contributed by atoms with van der Waals surface area (Å²) in [6.07, 6.45) is -0.746. The lowest BCUT2D eigenvalue weighted by atomic mass is 10.1. The van der Waals surface area contributed by atoms with E-state index < -0.39 is 6.10 Å². The van der Waals surface area contributed by atoms with Crippen LogP contribution in [0.1, 0.15) is 24.2 Å². The van der Waals surface area contributed by atoms with E-state index in [1.165, 1.54) is 0 Å². The molecule has 28 heavy (non-hydrogen) atoms. The molecule has 1 unspecified atom stereocenters. The van der Waals surface area contributed by atoms with Gasteiger partial charge in [0, 0.05) is 24.2 Å². The molecule has 0 saturated heterocycles. The normalized spacial score (nSPS) is 12.0. The largest absolute Gasteiger partial charge is 0.497 e. The maximum Gasteiger partial charge on any atom is 0.191 e. The number of nitrogens with zero attached hydrogens (tertiary/aromatic N) is 1. The number of rotatable bonds is 8. The van der Waals surface area contributed by atoms with Crippen molar-refractivity contribution in [1.29, 1.82) is 0 Å². The summed E-state index contributed by atoms with van der Waals surface area (Å²) in [7, 11) is 3.16. The van der Waals surface area contributed by atoms with Crippen LogP contribution in [0.15, 0.2) is 47.5 Å².